The van der Waals surface area contributed by atoms with E-state index >= 15 is 0 Å². The van der Waals surface area contributed by atoms with Gasteiger partial charge in [-0.1, -0.05) is 0 Å². The van der Waals surface area contributed by atoms with Crippen molar-refractivity contribution >= 4 is 5.97 Å². The molecule has 1 atom stereocenters. The van der Waals surface area contributed by atoms with E-state index in [1.165, 1.54) is 25.2 Å². The second-order valence-electron chi connectivity index (χ2n) is 2.60. The molecule has 66 valence electrons. The monoisotopic (exact) mass is 170 g/mol. The van der Waals surface area contributed by atoms with E-state index in [9.17, 15) is 9.90 Å². The highest BCUT2D eigenvalue weighted by Crippen LogP contribution is 2.21. The average molecular weight is 170 g/mol. The predicted octanol–water partition coefficient (Wildman–Crippen LogP) is 0.640. The summed E-state index contributed by atoms with van der Waals surface area (Å²) < 4.78 is 4.60. The first-order valence-electron chi connectivity index (χ1n) is 3.52. The van der Waals surface area contributed by atoms with Crippen LogP contribution in [-0.2, 0) is 9.53 Å². The first kappa shape index (κ1) is 8.80. The number of carbonyl (C=O) groups excluding carboxylic acids is 1. The number of hydrogen-bond acceptors (Lipinski definition) is 4. The van der Waals surface area contributed by atoms with E-state index in [2.05, 4.69) is 4.74 Å². The normalized spacial score (nSPS) is 28.0. The molecule has 4 heteroatoms. The Kier molecular flexibility index (Phi) is 2.19. The van der Waals surface area contributed by atoms with E-state index in [1.54, 1.807) is 0 Å². The van der Waals surface area contributed by atoms with E-state index in [4.69, 9.17) is 5.11 Å². The molecular weight excluding hydrogens is 160 g/mol. The number of aliphatic hydroxyl groups is 2. The number of rotatable bonds is 1. The van der Waals surface area contributed by atoms with Gasteiger partial charge in [-0.3, -0.25) is 4.79 Å². The van der Waals surface area contributed by atoms with Gasteiger partial charge in [0, 0.05) is 13.3 Å². The van der Waals surface area contributed by atoms with Crippen LogP contribution in [0.15, 0.2) is 24.0 Å². The smallest absolute Gasteiger partial charge is 0.305 e. The fourth-order valence-electron chi connectivity index (χ4n) is 0.927. The SMILES string of the molecule is CC(=O)OC1(O)C=CC(O)=CC1. The molecule has 0 fully saturated rings. The van der Waals surface area contributed by atoms with E-state index < -0.39 is 11.8 Å². The molecule has 0 spiro atoms. The molecule has 0 aromatic rings. The van der Waals surface area contributed by atoms with E-state index in [0.29, 0.717) is 0 Å². The number of esters is 1. The number of hydrogen-bond donors (Lipinski definition) is 2. The molecule has 0 saturated carbocycles. The minimum atomic E-state index is -1.59. The van der Waals surface area contributed by atoms with Gasteiger partial charge in [0.1, 0.15) is 5.76 Å². The largest absolute Gasteiger partial charge is 0.508 e. The van der Waals surface area contributed by atoms with Crippen LogP contribution >= 0.6 is 0 Å². The summed E-state index contributed by atoms with van der Waals surface area (Å²) in [6, 6.07) is 0. The maximum atomic E-state index is 10.5. The van der Waals surface area contributed by atoms with Crippen LogP contribution in [0, 0.1) is 0 Å². The third-order valence-electron chi connectivity index (χ3n) is 1.44. The third-order valence-corrected chi connectivity index (χ3v) is 1.44. The fraction of sp³-hybridized carbons (Fsp3) is 0.375. The Balaban J connectivity index is 2.65. The summed E-state index contributed by atoms with van der Waals surface area (Å²) in [5.41, 5.74) is 0. The molecule has 12 heavy (non-hydrogen) atoms. The van der Waals surface area contributed by atoms with Crippen LogP contribution in [0.25, 0.3) is 0 Å². The number of carbonyl (C=O) groups is 1. The Morgan fingerprint density at radius 2 is 2.42 bits per heavy atom. The van der Waals surface area contributed by atoms with E-state index in [1.807, 2.05) is 0 Å². The molecule has 0 saturated heterocycles. The Hall–Kier alpha value is -1.29. The van der Waals surface area contributed by atoms with Crippen LogP contribution in [0.5, 0.6) is 0 Å². The van der Waals surface area contributed by atoms with Crippen molar-refractivity contribution < 1.29 is 19.7 Å². The maximum Gasteiger partial charge on any atom is 0.305 e. The molecule has 0 amide bonds. The fourth-order valence-corrected chi connectivity index (χ4v) is 0.927. The summed E-state index contributed by atoms with van der Waals surface area (Å²) in [6.07, 6.45) is 3.98. The lowest BCUT2D eigenvalue weighted by Crippen LogP contribution is -2.32. The highest BCUT2D eigenvalue weighted by Gasteiger charge is 2.28. The van der Waals surface area contributed by atoms with Gasteiger partial charge in [-0.2, -0.15) is 0 Å². The Morgan fingerprint density at radius 1 is 1.75 bits per heavy atom. The zero-order valence-electron chi connectivity index (χ0n) is 6.65. The molecule has 1 rings (SSSR count). The minimum Gasteiger partial charge on any atom is -0.508 e. The molecule has 1 unspecified atom stereocenters. The molecule has 1 aliphatic carbocycles. The number of ether oxygens (including phenoxy) is 1. The van der Waals surface area contributed by atoms with Crippen LogP contribution in [0.3, 0.4) is 0 Å². The van der Waals surface area contributed by atoms with Gasteiger partial charge in [0.2, 0.25) is 5.79 Å². The van der Waals surface area contributed by atoms with Crippen LogP contribution in [0.2, 0.25) is 0 Å². The molecule has 2 N–H and O–H groups in total. The van der Waals surface area contributed by atoms with Gasteiger partial charge in [-0.25, -0.2) is 0 Å². The average Bonchev–Trinajstić information content (AvgIpc) is 1.94. The summed E-state index contributed by atoms with van der Waals surface area (Å²) in [5.74, 6) is -2.08. The summed E-state index contributed by atoms with van der Waals surface area (Å²) in [5, 5.41) is 18.4. The van der Waals surface area contributed by atoms with Crippen LogP contribution < -0.4 is 0 Å². The summed E-state index contributed by atoms with van der Waals surface area (Å²) in [6.45, 7) is 1.21. The second kappa shape index (κ2) is 2.98. The molecular formula is C8H10O4. The van der Waals surface area contributed by atoms with Crippen LogP contribution in [-0.4, -0.2) is 22.0 Å². The lowest BCUT2D eigenvalue weighted by molar-refractivity contribution is -0.187. The van der Waals surface area contributed by atoms with Crippen molar-refractivity contribution in [3.8, 4) is 0 Å². The van der Waals surface area contributed by atoms with Gasteiger partial charge >= 0.3 is 5.97 Å². The van der Waals surface area contributed by atoms with Gasteiger partial charge < -0.3 is 14.9 Å². The Morgan fingerprint density at radius 3 is 2.83 bits per heavy atom. The number of aliphatic hydroxyl groups excluding tert-OH is 1. The first-order chi connectivity index (χ1) is 5.52. The minimum absolute atomic E-state index is 0.0619. The molecule has 0 aromatic heterocycles. The lowest BCUT2D eigenvalue weighted by atomic mass is 10.1. The first-order valence-corrected chi connectivity index (χ1v) is 3.52. The van der Waals surface area contributed by atoms with Crippen molar-refractivity contribution in [3.05, 3.63) is 24.0 Å². The molecule has 0 bridgehead atoms. The van der Waals surface area contributed by atoms with Gasteiger partial charge in [0.15, 0.2) is 0 Å². The molecule has 0 heterocycles. The van der Waals surface area contributed by atoms with Crippen LogP contribution in [0.4, 0.5) is 0 Å². The van der Waals surface area contributed by atoms with Crippen molar-refractivity contribution in [2.45, 2.75) is 19.1 Å². The van der Waals surface area contributed by atoms with Crippen molar-refractivity contribution in [1.29, 1.82) is 0 Å². The van der Waals surface area contributed by atoms with Crippen molar-refractivity contribution in [2.75, 3.05) is 0 Å². The Bertz CT molecular complexity index is 254. The summed E-state index contributed by atoms with van der Waals surface area (Å²) in [4.78, 5) is 10.5. The molecule has 0 aliphatic heterocycles. The van der Waals surface area contributed by atoms with Gasteiger partial charge in [-0.15, -0.1) is 0 Å². The lowest BCUT2D eigenvalue weighted by Gasteiger charge is -2.24. The number of allylic oxidation sites excluding steroid dienone is 1. The molecule has 0 radical (unpaired) electrons. The topological polar surface area (TPSA) is 66.8 Å². The Labute approximate surface area is 69.8 Å². The van der Waals surface area contributed by atoms with Crippen molar-refractivity contribution in [3.63, 3.8) is 0 Å². The standard InChI is InChI=1S/C8H10O4/c1-6(9)12-8(11)4-2-7(10)3-5-8/h2-4,10-11H,5H2,1H3. The highest BCUT2D eigenvalue weighted by molar-refractivity contribution is 5.66. The molecule has 1 aliphatic rings. The van der Waals surface area contributed by atoms with Crippen molar-refractivity contribution in [1.82, 2.24) is 0 Å². The van der Waals surface area contributed by atoms with Gasteiger partial charge in [0.25, 0.3) is 0 Å². The zero-order valence-corrected chi connectivity index (χ0v) is 6.65. The molecule has 0 aromatic carbocycles. The predicted molar refractivity (Wildman–Crippen MR) is 41.2 cm³/mol. The summed E-state index contributed by atoms with van der Waals surface area (Å²) >= 11 is 0. The van der Waals surface area contributed by atoms with Gasteiger partial charge in [-0.05, 0) is 18.2 Å². The molecule has 4 nitrogen and oxygen atoms in total. The van der Waals surface area contributed by atoms with Gasteiger partial charge in [0.05, 0.1) is 0 Å². The van der Waals surface area contributed by atoms with Crippen LogP contribution in [0.1, 0.15) is 13.3 Å². The summed E-state index contributed by atoms with van der Waals surface area (Å²) in [7, 11) is 0. The zero-order chi connectivity index (χ0) is 9.19. The second-order valence-corrected chi connectivity index (χ2v) is 2.60. The maximum absolute atomic E-state index is 10.5. The van der Waals surface area contributed by atoms with E-state index in [0.717, 1.165) is 0 Å². The van der Waals surface area contributed by atoms with E-state index in [-0.39, 0.29) is 12.2 Å². The highest BCUT2D eigenvalue weighted by atomic mass is 16.7. The quantitative estimate of drug-likeness (QED) is 0.447. The third kappa shape index (κ3) is 2.10. The van der Waals surface area contributed by atoms with Crippen molar-refractivity contribution in [2.24, 2.45) is 0 Å².